The van der Waals surface area contributed by atoms with Gasteiger partial charge in [0.2, 0.25) is 0 Å². The fraction of sp³-hybridized carbons (Fsp3) is 0.500. The predicted octanol–water partition coefficient (Wildman–Crippen LogP) is -0.735. The van der Waals surface area contributed by atoms with E-state index in [-0.39, 0.29) is 6.03 Å². The standard InChI is InChI=1S/C2H7N3OS/c1-3-4-2(6)5-7/h3,7H,1H3,(H2,4,5,6). The number of urea groups is 1. The molecule has 0 rings (SSSR count). The van der Waals surface area contributed by atoms with E-state index in [1.165, 1.54) is 0 Å². The number of carbonyl (C=O) groups excluding carboxylic acids is 1. The molecule has 0 radical (unpaired) electrons. The zero-order valence-electron chi connectivity index (χ0n) is 3.86. The quantitative estimate of drug-likeness (QED) is 0.273. The molecule has 0 aromatic carbocycles. The maximum atomic E-state index is 10.1. The highest BCUT2D eigenvalue weighted by Gasteiger charge is 1.86. The van der Waals surface area contributed by atoms with Gasteiger partial charge in [0.05, 0.1) is 0 Å². The van der Waals surface area contributed by atoms with Crippen LogP contribution in [0.1, 0.15) is 0 Å². The third-order valence-corrected chi connectivity index (χ3v) is 0.543. The van der Waals surface area contributed by atoms with Crippen molar-refractivity contribution in [3.8, 4) is 0 Å². The summed E-state index contributed by atoms with van der Waals surface area (Å²) in [5.74, 6) is 0. The van der Waals surface area contributed by atoms with Crippen molar-refractivity contribution >= 4 is 18.8 Å². The topological polar surface area (TPSA) is 53.2 Å². The van der Waals surface area contributed by atoms with Crippen molar-refractivity contribution in [1.29, 1.82) is 0 Å². The van der Waals surface area contributed by atoms with E-state index in [2.05, 4.69) is 23.7 Å². The van der Waals surface area contributed by atoms with Crippen molar-refractivity contribution < 1.29 is 4.79 Å². The maximum Gasteiger partial charge on any atom is 0.338 e. The van der Waals surface area contributed by atoms with Crippen LogP contribution in [0.3, 0.4) is 0 Å². The number of nitrogens with one attached hydrogen (secondary N) is 3. The van der Waals surface area contributed by atoms with Gasteiger partial charge in [-0.1, -0.05) is 12.8 Å². The third kappa shape index (κ3) is 3.41. The van der Waals surface area contributed by atoms with Crippen LogP contribution in [-0.2, 0) is 0 Å². The van der Waals surface area contributed by atoms with Gasteiger partial charge < -0.3 is 0 Å². The number of amides is 2. The Balaban J connectivity index is 3.00. The first-order valence-electron chi connectivity index (χ1n) is 1.68. The summed E-state index contributed by atoms with van der Waals surface area (Å²) in [4.78, 5) is 10.1. The molecule has 0 spiro atoms. The molecule has 7 heavy (non-hydrogen) atoms. The predicted molar refractivity (Wildman–Crippen MR) is 29.7 cm³/mol. The van der Waals surface area contributed by atoms with Gasteiger partial charge in [0.1, 0.15) is 0 Å². The van der Waals surface area contributed by atoms with Gasteiger partial charge >= 0.3 is 6.03 Å². The average molecular weight is 121 g/mol. The number of hydrogen-bond acceptors (Lipinski definition) is 3. The minimum Gasteiger partial charge on any atom is -0.283 e. The highest BCUT2D eigenvalue weighted by Crippen LogP contribution is 1.58. The molecule has 3 N–H and O–H groups in total. The van der Waals surface area contributed by atoms with Gasteiger partial charge in [0.15, 0.2) is 0 Å². The highest BCUT2D eigenvalue weighted by atomic mass is 32.1. The van der Waals surface area contributed by atoms with E-state index in [4.69, 9.17) is 0 Å². The number of hydrazine groups is 1. The zero-order valence-corrected chi connectivity index (χ0v) is 4.75. The first kappa shape index (κ1) is 6.58. The van der Waals surface area contributed by atoms with E-state index in [0.717, 1.165) is 0 Å². The summed E-state index contributed by atoms with van der Waals surface area (Å²) in [7, 11) is 1.59. The van der Waals surface area contributed by atoms with Crippen LogP contribution < -0.4 is 15.6 Å². The SMILES string of the molecule is CNNC(=O)NS. The normalized spacial score (nSPS) is 7.71. The van der Waals surface area contributed by atoms with Crippen LogP contribution in [0, 0.1) is 0 Å². The summed E-state index contributed by atoms with van der Waals surface area (Å²) in [6.07, 6.45) is 0. The Kier molecular flexibility index (Phi) is 3.53. The Morgan fingerprint density at radius 3 is 2.43 bits per heavy atom. The van der Waals surface area contributed by atoms with Crippen molar-refractivity contribution in [3.05, 3.63) is 0 Å². The molecule has 42 valence electrons. The summed E-state index contributed by atoms with van der Waals surface area (Å²) in [5, 5.41) is 0. The van der Waals surface area contributed by atoms with Crippen LogP contribution in [-0.4, -0.2) is 13.1 Å². The largest absolute Gasteiger partial charge is 0.338 e. The fourth-order valence-electron chi connectivity index (χ4n) is 0.141. The first-order valence-corrected chi connectivity index (χ1v) is 2.12. The molecule has 0 saturated heterocycles. The molecule has 0 fully saturated rings. The summed E-state index contributed by atoms with van der Waals surface area (Å²) < 4.78 is 2.05. The van der Waals surface area contributed by atoms with Gasteiger partial charge in [-0.25, -0.2) is 10.2 Å². The van der Waals surface area contributed by atoms with Gasteiger partial charge in [0, 0.05) is 7.05 Å². The average Bonchev–Trinajstić information content (AvgIpc) is 1.68. The number of rotatable bonds is 1. The van der Waals surface area contributed by atoms with Gasteiger partial charge in [0.25, 0.3) is 0 Å². The third-order valence-electron chi connectivity index (χ3n) is 0.340. The molecule has 4 nitrogen and oxygen atoms in total. The minimum atomic E-state index is -0.370. The lowest BCUT2D eigenvalue weighted by Crippen LogP contribution is -2.38. The van der Waals surface area contributed by atoms with E-state index in [0.29, 0.717) is 0 Å². The molecule has 2 amide bonds. The molecule has 5 heteroatoms. The summed E-state index contributed by atoms with van der Waals surface area (Å²) in [5.41, 5.74) is 4.63. The Bertz CT molecular complexity index is 66.0. The molecule has 0 aliphatic heterocycles. The first-order chi connectivity index (χ1) is 3.31. The van der Waals surface area contributed by atoms with Crippen LogP contribution in [0.25, 0.3) is 0 Å². The Morgan fingerprint density at radius 2 is 2.29 bits per heavy atom. The van der Waals surface area contributed by atoms with Crippen LogP contribution in [0.15, 0.2) is 0 Å². The molecule has 0 saturated carbocycles. The smallest absolute Gasteiger partial charge is 0.283 e. The van der Waals surface area contributed by atoms with Crippen LogP contribution in [0.4, 0.5) is 4.79 Å². The van der Waals surface area contributed by atoms with Gasteiger partial charge in [-0.15, -0.1) is 0 Å². The van der Waals surface area contributed by atoms with Gasteiger partial charge in [-0.05, 0) is 0 Å². The number of carbonyl (C=O) groups is 1. The second kappa shape index (κ2) is 3.76. The molecule has 0 atom stereocenters. The molecular formula is C2H7N3OS. The van der Waals surface area contributed by atoms with E-state index in [9.17, 15) is 4.79 Å². The fourth-order valence-corrected chi connectivity index (χ4v) is 0.197. The van der Waals surface area contributed by atoms with Crippen molar-refractivity contribution in [3.63, 3.8) is 0 Å². The minimum absolute atomic E-state index is 0.370. The highest BCUT2D eigenvalue weighted by molar-refractivity contribution is 7.78. The summed E-state index contributed by atoms with van der Waals surface area (Å²) in [6.45, 7) is 0. The van der Waals surface area contributed by atoms with E-state index < -0.39 is 0 Å². The molecule has 0 aliphatic carbocycles. The van der Waals surface area contributed by atoms with Gasteiger partial charge in [-0.2, -0.15) is 0 Å². The van der Waals surface area contributed by atoms with Gasteiger partial charge in [-0.3, -0.25) is 10.1 Å². The van der Waals surface area contributed by atoms with Crippen molar-refractivity contribution in [2.75, 3.05) is 7.05 Å². The molecule has 0 unspecified atom stereocenters. The molecular weight excluding hydrogens is 114 g/mol. The van der Waals surface area contributed by atoms with E-state index in [1.807, 2.05) is 4.72 Å². The number of thiol groups is 1. The second-order valence-electron chi connectivity index (χ2n) is 0.816. The van der Waals surface area contributed by atoms with E-state index in [1.54, 1.807) is 7.05 Å². The Hall–Kier alpha value is -0.420. The van der Waals surface area contributed by atoms with E-state index >= 15 is 0 Å². The summed E-state index contributed by atoms with van der Waals surface area (Å²) >= 11 is 3.45. The Labute approximate surface area is 47.2 Å². The lowest BCUT2D eigenvalue weighted by molar-refractivity contribution is 0.243. The van der Waals surface area contributed by atoms with Crippen LogP contribution in [0.5, 0.6) is 0 Å². The van der Waals surface area contributed by atoms with Crippen LogP contribution in [0.2, 0.25) is 0 Å². The molecule has 0 heterocycles. The maximum absolute atomic E-state index is 10.1. The monoisotopic (exact) mass is 121 g/mol. The zero-order chi connectivity index (χ0) is 5.70. The lowest BCUT2D eigenvalue weighted by atomic mass is 11.1. The van der Waals surface area contributed by atoms with Crippen molar-refractivity contribution in [2.45, 2.75) is 0 Å². The lowest BCUT2D eigenvalue weighted by Gasteiger charge is -1.96. The Morgan fingerprint density at radius 1 is 1.71 bits per heavy atom. The van der Waals surface area contributed by atoms with Crippen molar-refractivity contribution in [1.82, 2.24) is 15.6 Å². The molecule has 0 aromatic rings. The second-order valence-corrected chi connectivity index (χ2v) is 1.04. The molecule has 0 aliphatic rings. The van der Waals surface area contributed by atoms with Crippen molar-refractivity contribution in [2.24, 2.45) is 0 Å². The molecule has 0 aromatic heterocycles. The van der Waals surface area contributed by atoms with Crippen LogP contribution >= 0.6 is 12.8 Å². The summed E-state index contributed by atoms with van der Waals surface area (Å²) in [6, 6.07) is -0.370. The molecule has 0 bridgehead atoms. The number of hydrogen-bond donors (Lipinski definition) is 4.